The molecular weight excluding hydrogens is 469 g/mol. The molecule has 2 aromatic heterocycles. The van der Waals surface area contributed by atoms with Gasteiger partial charge in [-0.15, -0.1) is 0 Å². The van der Waals surface area contributed by atoms with Gasteiger partial charge in [-0.25, -0.2) is 13.4 Å². The summed E-state index contributed by atoms with van der Waals surface area (Å²) in [5.74, 6) is 1.45. The second kappa shape index (κ2) is 9.18. The zero-order valence-corrected chi connectivity index (χ0v) is 18.6. The number of anilines is 1. The van der Waals surface area contributed by atoms with Crippen LogP contribution in [0.4, 0.5) is 18.9 Å². The van der Waals surface area contributed by atoms with E-state index in [0.29, 0.717) is 23.3 Å². The number of alkyl halides is 3. The summed E-state index contributed by atoms with van der Waals surface area (Å²) in [7, 11) is -3.84. The van der Waals surface area contributed by atoms with E-state index in [1.54, 1.807) is 25.1 Å². The molecule has 0 amide bonds. The van der Waals surface area contributed by atoms with Crippen LogP contribution in [-0.2, 0) is 22.0 Å². The molecule has 4 rings (SSSR count). The molecule has 11 heteroatoms. The van der Waals surface area contributed by atoms with E-state index in [2.05, 4.69) is 14.7 Å². The minimum atomic E-state index is -4.48. The smallest absolute Gasteiger partial charge is 0.416 e. The van der Waals surface area contributed by atoms with Crippen molar-refractivity contribution in [2.45, 2.75) is 18.9 Å². The second-order valence-electron chi connectivity index (χ2n) is 7.38. The summed E-state index contributed by atoms with van der Waals surface area (Å²) in [5.41, 5.74) is -0.319. The van der Waals surface area contributed by atoms with Gasteiger partial charge < -0.3 is 9.30 Å². The van der Waals surface area contributed by atoms with Crippen molar-refractivity contribution in [1.82, 2.24) is 14.5 Å². The molecule has 176 valence electrons. The van der Waals surface area contributed by atoms with Crippen molar-refractivity contribution in [3.05, 3.63) is 96.1 Å². The van der Waals surface area contributed by atoms with E-state index in [-0.39, 0.29) is 11.3 Å². The molecule has 34 heavy (non-hydrogen) atoms. The van der Waals surface area contributed by atoms with Crippen LogP contribution in [0.15, 0.2) is 79.1 Å². The fraction of sp³-hybridized carbons (Fsp3) is 0.130. The predicted molar refractivity (Wildman–Crippen MR) is 120 cm³/mol. The van der Waals surface area contributed by atoms with Crippen molar-refractivity contribution in [1.29, 1.82) is 0 Å². The molecule has 0 spiro atoms. The first-order valence-electron chi connectivity index (χ1n) is 10.0. The Morgan fingerprint density at radius 3 is 2.24 bits per heavy atom. The number of halogens is 3. The van der Waals surface area contributed by atoms with Crippen LogP contribution in [0.1, 0.15) is 17.0 Å². The van der Waals surface area contributed by atoms with Crippen molar-refractivity contribution in [3.63, 3.8) is 0 Å². The molecule has 1 N–H and O–H groups in total. The summed E-state index contributed by atoms with van der Waals surface area (Å²) < 4.78 is 72.9. The fourth-order valence-electron chi connectivity index (χ4n) is 3.13. The van der Waals surface area contributed by atoms with Crippen molar-refractivity contribution in [2.75, 3.05) is 4.72 Å². The molecule has 0 saturated heterocycles. The Morgan fingerprint density at radius 1 is 0.971 bits per heavy atom. The van der Waals surface area contributed by atoms with Crippen molar-refractivity contribution in [2.24, 2.45) is 0 Å². The molecule has 0 saturated carbocycles. The Bertz CT molecular complexity index is 1370. The third kappa shape index (κ3) is 5.93. The number of benzene rings is 2. The first kappa shape index (κ1) is 23.3. The normalized spacial score (nSPS) is 11.9. The lowest BCUT2D eigenvalue weighted by molar-refractivity contribution is -0.137. The maximum atomic E-state index is 12.7. The quantitative estimate of drug-likeness (QED) is 0.380. The lowest BCUT2D eigenvalue weighted by Gasteiger charge is -2.11. The average Bonchev–Trinajstić information content (AvgIpc) is 3.29. The second-order valence-corrected chi connectivity index (χ2v) is 9.11. The van der Waals surface area contributed by atoms with Gasteiger partial charge in [0, 0.05) is 24.1 Å². The Balaban J connectivity index is 1.42. The van der Waals surface area contributed by atoms with Gasteiger partial charge in [-0.1, -0.05) is 12.1 Å². The molecule has 2 aromatic carbocycles. The zero-order chi connectivity index (χ0) is 24.3. The van der Waals surface area contributed by atoms with Crippen LogP contribution in [0, 0.1) is 6.92 Å². The highest BCUT2D eigenvalue weighted by Gasteiger charge is 2.30. The minimum Gasteiger partial charge on any atom is -0.439 e. The molecule has 2 heterocycles. The topological polar surface area (TPSA) is 86.1 Å². The number of hydrogen-bond donors (Lipinski definition) is 1. The molecule has 0 aliphatic rings. The highest BCUT2D eigenvalue weighted by molar-refractivity contribution is 7.91. The van der Waals surface area contributed by atoms with E-state index in [0.717, 1.165) is 24.3 Å². The maximum absolute atomic E-state index is 12.7. The lowest BCUT2D eigenvalue weighted by atomic mass is 10.1. The minimum absolute atomic E-state index is 0.234. The summed E-state index contributed by atoms with van der Waals surface area (Å²) in [6, 6.07) is 15.6. The largest absolute Gasteiger partial charge is 0.439 e. The standard InChI is InChI=1S/C23H19F3N4O3S/c1-16-27-21(30-12-2-3-13-30)14-22(28-16)33-20-10-8-19(9-11-20)29-34(31,32)15-17-4-6-18(7-5-17)23(24,25)26/h2-14,29H,15H2,1H3. The van der Waals surface area contributed by atoms with Crippen molar-refractivity contribution >= 4 is 15.7 Å². The van der Waals surface area contributed by atoms with Gasteiger partial charge in [0.15, 0.2) is 0 Å². The highest BCUT2D eigenvalue weighted by Crippen LogP contribution is 2.29. The zero-order valence-electron chi connectivity index (χ0n) is 17.8. The van der Waals surface area contributed by atoms with Gasteiger partial charge in [-0.2, -0.15) is 18.2 Å². The van der Waals surface area contributed by atoms with Gasteiger partial charge in [-0.3, -0.25) is 4.72 Å². The first-order valence-corrected chi connectivity index (χ1v) is 11.7. The summed E-state index contributed by atoms with van der Waals surface area (Å²) in [5, 5.41) is 0. The third-order valence-corrected chi connectivity index (χ3v) is 5.92. The SMILES string of the molecule is Cc1nc(Oc2ccc(NS(=O)(=O)Cc3ccc(C(F)(F)F)cc3)cc2)cc(-n2cccc2)n1. The van der Waals surface area contributed by atoms with Gasteiger partial charge in [-0.05, 0) is 61.0 Å². The van der Waals surface area contributed by atoms with Gasteiger partial charge in [0.25, 0.3) is 0 Å². The number of aromatic nitrogens is 3. The summed E-state index contributed by atoms with van der Waals surface area (Å²) in [6.45, 7) is 1.74. The highest BCUT2D eigenvalue weighted by atomic mass is 32.2. The number of rotatable bonds is 7. The fourth-order valence-corrected chi connectivity index (χ4v) is 4.33. The van der Waals surface area contributed by atoms with Crippen LogP contribution in [0.25, 0.3) is 5.82 Å². The van der Waals surface area contributed by atoms with Crippen LogP contribution >= 0.6 is 0 Å². The maximum Gasteiger partial charge on any atom is 0.416 e. The molecule has 0 unspecified atom stereocenters. The molecular formula is C23H19F3N4O3S. The Morgan fingerprint density at radius 2 is 1.62 bits per heavy atom. The number of nitrogens with one attached hydrogen (secondary N) is 1. The molecule has 0 bridgehead atoms. The van der Waals surface area contributed by atoms with Gasteiger partial charge in [0.2, 0.25) is 15.9 Å². The van der Waals surface area contributed by atoms with E-state index in [9.17, 15) is 21.6 Å². The molecule has 0 aliphatic heterocycles. The Labute approximate surface area is 193 Å². The number of aryl methyl sites for hydroxylation is 1. The number of hydrogen-bond acceptors (Lipinski definition) is 5. The van der Waals surface area contributed by atoms with Crippen LogP contribution in [0.2, 0.25) is 0 Å². The van der Waals surface area contributed by atoms with E-state index in [4.69, 9.17) is 4.74 Å². The van der Waals surface area contributed by atoms with Crippen LogP contribution < -0.4 is 9.46 Å². The van der Waals surface area contributed by atoms with Gasteiger partial charge in [0.1, 0.15) is 17.4 Å². The Hall–Kier alpha value is -3.86. The van der Waals surface area contributed by atoms with E-state index in [1.807, 2.05) is 29.1 Å². The van der Waals surface area contributed by atoms with Crippen molar-refractivity contribution in [3.8, 4) is 17.4 Å². The number of sulfonamides is 1. The molecule has 0 radical (unpaired) electrons. The average molecular weight is 488 g/mol. The monoisotopic (exact) mass is 488 g/mol. The van der Waals surface area contributed by atoms with Crippen LogP contribution in [0.5, 0.6) is 11.6 Å². The van der Waals surface area contributed by atoms with E-state index >= 15 is 0 Å². The molecule has 0 fully saturated rings. The van der Waals surface area contributed by atoms with Crippen LogP contribution in [-0.4, -0.2) is 23.0 Å². The van der Waals surface area contributed by atoms with Gasteiger partial charge >= 0.3 is 6.18 Å². The lowest BCUT2D eigenvalue weighted by Crippen LogP contribution is -2.15. The molecule has 0 atom stereocenters. The molecule has 7 nitrogen and oxygen atoms in total. The van der Waals surface area contributed by atoms with E-state index in [1.165, 1.54) is 12.1 Å². The van der Waals surface area contributed by atoms with E-state index < -0.39 is 27.5 Å². The predicted octanol–water partition coefficient (Wildman–Crippen LogP) is 5.33. The summed E-state index contributed by atoms with van der Waals surface area (Å²) in [6.07, 6.45) is -0.790. The molecule has 0 aliphatic carbocycles. The van der Waals surface area contributed by atoms with Gasteiger partial charge in [0.05, 0.1) is 11.3 Å². The summed E-state index contributed by atoms with van der Waals surface area (Å²) in [4.78, 5) is 8.62. The van der Waals surface area contributed by atoms with Crippen molar-refractivity contribution < 1.29 is 26.3 Å². The number of ether oxygens (including phenoxy) is 1. The van der Waals surface area contributed by atoms with Crippen LogP contribution in [0.3, 0.4) is 0 Å². The Kier molecular flexibility index (Phi) is 6.29. The third-order valence-electron chi connectivity index (χ3n) is 4.66. The number of nitrogens with zero attached hydrogens (tertiary/aromatic N) is 3. The summed E-state index contributed by atoms with van der Waals surface area (Å²) >= 11 is 0. The first-order chi connectivity index (χ1) is 16.1. The molecule has 4 aromatic rings.